The van der Waals surface area contributed by atoms with Crippen molar-refractivity contribution in [3.05, 3.63) is 58.9 Å². The second-order valence-corrected chi connectivity index (χ2v) is 7.92. The van der Waals surface area contributed by atoms with E-state index in [1.165, 1.54) is 11.5 Å². The Morgan fingerprint density at radius 2 is 1.82 bits per heavy atom. The summed E-state index contributed by atoms with van der Waals surface area (Å²) in [6.45, 7) is 4.60. The van der Waals surface area contributed by atoms with Gasteiger partial charge >= 0.3 is 0 Å². The molecular weight excluding hydrogens is 374 g/mol. The highest BCUT2D eigenvalue weighted by Gasteiger charge is 2.27. The molecule has 1 aromatic heterocycles. The molecule has 146 valence electrons. The van der Waals surface area contributed by atoms with Gasteiger partial charge in [-0.05, 0) is 31.2 Å². The monoisotopic (exact) mass is 397 g/mol. The van der Waals surface area contributed by atoms with Gasteiger partial charge in [0.05, 0.1) is 17.2 Å². The molecule has 1 aliphatic rings. The lowest BCUT2D eigenvalue weighted by Gasteiger charge is -2.37. The van der Waals surface area contributed by atoms with E-state index in [1.807, 2.05) is 54.3 Å². The molecule has 4 rings (SSSR count). The van der Waals surface area contributed by atoms with Crippen LogP contribution in [0.25, 0.3) is 10.1 Å². The fourth-order valence-corrected chi connectivity index (χ4v) is 4.64. The smallest absolute Gasteiger partial charge is 0.269 e. The Kier molecular flexibility index (Phi) is 5.09. The van der Waals surface area contributed by atoms with Gasteiger partial charge in [-0.2, -0.15) is 0 Å². The Morgan fingerprint density at radius 3 is 2.54 bits per heavy atom. The number of aromatic nitrogens is 1. The number of amides is 1. The third-order valence-corrected chi connectivity index (χ3v) is 6.46. The molecule has 1 aliphatic heterocycles. The Morgan fingerprint density at radius 1 is 1.07 bits per heavy atom. The fourth-order valence-electron chi connectivity index (χ4n) is 3.60. The molecule has 0 spiro atoms. The van der Waals surface area contributed by atoms with Crippen molar-refractivity contribution in [2.45, 2.75) is 13.0 Å². The summed E-state index contributed by atoms with van der Waals surface area (Å²) in [5.74, 6) is 0.827. The van der Waals surface area contributed by atoms with Crippen LogP contribution in [0.5, 0.6) is 5.75 Å². The number of anilines is 1. The van der Waals surface area contributed by atoms with Crippen molar-refractivity contribution < 1.29 is 9.53 Å². The molecule has 1 fully saturated rings. The molecular formula is C21H23N3O3S. The summed E-state index contributed by atoms with van der Waals surface area (Å²) in [5.41, 5.74) is 1.01. The number of fused-ring (bicyclic) bond motifs is 1. The van der Waals surface area contributed by atoms with Gasteiger partial charge in [0, 0.05) is 37.9 Å². The van der Waals surface area contributed by atoms with Gasteiger partial charge in [-0.15, -0.1) is 0 Å². The molecule has 0 bridgehead atoms. The number of nitrogens with zero attached hydrogens (tertiary/aromatic N) is 3. The first-order valence-corrected chi connectivity index (χ1v) is 10.1. The minimum Gasteiger partial charge on any atom is -0.497 e. The minimum absolute atomic E-state index is 0.000974. The van der Waals surface area contributed by atoms with E-state index < -0.39 is 6.04 Å². The average Bonchev–Trinajstić information content (AvgIpc) is 3.09. The van der Waals surface area contributed by atoms with Gasteiger partial charge in [0.1, 0.15) is 11.8 Å². The van der Waals surface area contributed by atoms with Gasteiger partial charge in [-0.3, -0.25) is 13.5 Å². The van der Waals surface area contributed by atoms with Crippen LogP contribution < -0.4 is 15.2 Å². The topological polar surface area (TPSA) is 54.8 Å². The SMILES string of the molecule is COc1cccc(N2CCN(C(=O)C(C)n3sc4ccccc4c3=O)CC2)c1. The van der Waals surface area contributed by atoms with Gasteiger partial charge in [0.2, 0.25) is 5.91 Å². The Hall–Kier alpha value is -2.80. The third-order valence-electron chi connectivity index (χ3n) is 5.23. The molecule has 0 saturated carbocycles. The quantitative estimate of drug-likeness (QED) is 0.679. The van der Waals surface area contributed by atoms with E-state index in [9.17, 15) is 9.59 Å². The lowest BCUT2D eigenvalue weighted by Crippen LogP contribution is -2.50. The maximum Gasteiger partial charge on any atom is 0.269 e. The van der Waals surface area contributed by atoms with Gasteiger partial charge < -0.3 is 14.5 Å². The van der Waals surface area contributed by atoms with Crippen LogP contribution in [-0.2, 0) is 4.79 Å². The van der Waals surface area contributed by atoms with Crippen LogP contribution in [0.2, 0.25) is 0 Å². The molecule has 7 heteroatoms. The molecule has 0 aliphatic carbocycles. The lowest BCUT2D eigenvalue weighted by molar-refractivity contribution is -0.134. The minimum atomic E-state index is -0.492. The second kappa shape index (κ2) is 7.67. The average molecular weight is 398 g/mol. The Bertz CT molecular complexity index is 1050. The molecule has 1 unspecified atom stereocenters. The Labute approximate surface area is 167 Å². The lowest BCUT2D eigenvalue weighted by atomic mass is 10.2. The van der Waals surface area contributed by atoms with Crippen LogP contribution in [0, 0.1) is 0 Å². The highest BCUT2D eigenvalue weighted by molar-refractivity contribution is 7.14. The summed E-state index contributed by atoms with van der Waals surface area (Å²) < 4.78 is 7.81. The number of carbonyl (C=O) groups is 1. The van der Waals surface area contributed by atoms with Gasteiger partial charge in [-0.1, -0.05) is 29.7 Å². The summed E-state index contributed by atoms with van der Waals surface area (Å²) >= 11 is 1.36. The molecule has 6 nitrogen and oxygen atoms in total. The number of benzene rings is 2. The summed E-state index contributed by atoms with van der Waals surface area (Å²) in [6.07, 6.45) is 0. The third kappa shape index (κ3) is 3.38. The summed E-state index contributed by atoms with van der Waals surface area (Å²) in [4.78, 5) is 29.8. The van der Waals surface area contributed by atoms with Crippen molar-refractivity contribution in [1.82, 2.24) is 8.86 Å². The number of rotatable bonds is 4. The zero-order valence-corrected chi connectivity index (χ0v) is 16.8. The van der Waals surface area contributed by atoms with Crippen molar-refractivity contribution in [2.75, 3.05) is 38.2 Å². The van der Waals surface area contributed by atoms with Crippen LogP contribution in [-0.4, -0.2) is 48.1 Å². The Balaban J connectivity index is 1.46. The molecule has 1 saturated heterocycles. The van der Waals surface area contributed by atoms with Crippen LogP contribution in [0.4, 0.5) is 5.69 Å². The number of hydrogen-bond donors (Lipinski definition) is 0. The van der Waals surface area contributed by atoms with E-state index in [4.69, 9.17) is 4.74 Å². The molecule has 1 atom stereocenters. The number of hydrogen-bond acceptors (Lipinski definition) is 5. The van der Waals surface area contributed by atoms with E-state index in [0.717, 1.165) is 29.2 Å². The number of methoxy groups -OCH3 is 1. The van der Waals surface area contributed by atoms with E-state index in [-0.39, 0.29) is 11.5 Å². The zero-order valence-electron chi connectivity index (χ0n) is 16.0. The highest BCUT2D eigenvalue weighted by Crippen LogP contribution is 2.24. The first-order valence-electron chi connectivity index (χ1n) is 9.37. The molecule has 0 radical (unpaired) electrons. The summed E-state index contributed by atoms with van der Waals surface area (Å²) in [6, 6.07) is 15.0. The maximum atomic E-state index is 13.0. The van der Waals surface area contributed by atoms with E-state index in [2.05, 4.69) is 11.0 Å². The first kappa shape index (κ1) is 18.6. The first-order chi connectivity index (χ1) is 13.6. The molecule has 1 amide bonds. The van der Waals surface area contributed by atoms with Gasteiger partial charge in [0.25, 0.3) is 5.56 Å². The summed E-state index contributed by atoms with van der Waals surface area (Å²) in [5, 5.41) is 0.676. The van der Waals surface area contributed by atoms with Crippen molar-refractivity contribution in [3.8, 4) is 5.75 Å². The highest BCUT2D eigenvalue weighted by atomic mass is 32.1. The second-order valence-electron chi connectivity index (χ2n) is 6.91. The van der Waals surface area contributed by atoms with Crippen LogP contribution in [0.15, 0.2) is 53.3 Å². The van der Waals surface area contributed by atoms with E-state index in [1.54, 1.807) is 11.1 Å². The number of piperazine rings is 1. The molecule has 2 aromatic carbocycles. The zero-order chi connectivity index (χ0) is 19.7. The fraction of sp³-hybridized carbons (Fsp3) is 0.333. The predicted molar refractivity (Wildman–Crippen MR) is 113 cm³/mol. The van der Waals surface area contributed by atoms with Gasteiger partial charge in [-0.25, -0.2) is 0 Å². The van der Waals surface area contributed by atoms with E-state index >= 15 is 0 Å². The molecule has 28 heavy (non-hydrogen) atoms. The van der Waals surface area contributed by atoms with Crippen LogP contribution in [0.3, 0.4) is 0 Å². The normalized spacial score (nSPS) is 15.6. The largest absolute Gasteiger partial charge is 0.497 e. The number of carbonyl (C=O) groups excluding carboxylic acids is 1. The maximum absolute atomic E-state index is 13.0. The van der Waals surface area contributed by atoms with Crippen molar-refractivity contribution in [3.63, 3.8) is 0 Å². The van der Waals surface area contributed by atoms with Gasteiger partial charge in [0.15, 0.2) is 0 Å². The van der Waals surface area contributed by atoms with Crippen LogP contribution in [0.1, 0.15) is 13.0 Å². The molecule has 3 aromatic rings. The standard InChI is InChI=1S/C21H23N3O3S/c1-15(24-21(26)18-8-3-4-9-19(18)28-24)20(25)23-12-10-22(11-13-23)16-6-5-7-17(14-16)27-2/h3-9,14-15H,10-13H2,1-2H3. The van der Waals surface area contributed by atoms with Crippen molar-refractivity contribution >= 4 is 33.2 Å². The van der Waals surface area contributed by atoms with E-state index in [0.29, 0.717) is 18.5 Å². The predicted octanol–water partition coefficient (Wildman–Crippen LogP) is 2.98. The molecule has 0 N–H and O–H groups in total. The van der Waals surface area contributed by atoms with Crippen molar-refractivity contribution in [1.29, 1.82) is 0 Å². The summed E-state index contributed by atoms with van der Waals surface area (Å²) in [7, 11) is 1.66. The number of ether oxygens (including phenoxy) is 1. The molecule has 2 heterocycles. The van der Waals surface area contributed by atoms with Crippen LogP contribution >= 0.6 is 11.5 Å². The van der Waals surface area contributed by atoms with Crippen molar-refractivity contribution in [2.24, 2.45) is 0 Å².